The van der Waals surface area contributed by atoms with E-state index in [1.54, 1.807) is 31.4 Å². The molecule has 3 atom stereocenters. The van der Waals surface area contributed by atoms with Gasteiger partial charge in [0, 0.05) is 61.8 Å². The van der Waals surface area contributed by atoms with E-state index in [-0.39, 0.29) is 24.8 Å². The molecule has 3 heterocycles. The van der Waals surface area contributed by atoms with E-state index in [9.17, 15) is 13.6 Å². The highest BCUT2D eigenvalue weighted by molar-refractivity contribution is 5.99. The number of likely N-dealkylation sites (tertiary alicyclic amines) is 2. The summed E-state index contributed by atoms with van der Waals surface area (Å²) in [6, 6.07) is 8.13. The maximum atomic E-state index is 14.5. The highest BCUT2D eigenvalue weighted by atomic mass is 19.3. The van der Waals surface area contributed by atoms with Crippen LogP contribution in [0, 0.1) is 11.8 Å². The smallest absolute Gasteiger partial charge is 0.263 e. The topological polar surface area (TPSA) is 48.8 Å². The van der Waals surface area contributed by atoms with E-state index in [1.807, 2.05) is 17.0 Å². The zero-order chi connectivity index (χ0) is 22.9. The summed E-state index contributed by atoms with van der Waals surface area (Å²) in [6.45, 7) is 3.67. The molecule has 2 fully saturated rings. The van der Waals surface area contributed by atoms with Crippen LogP contribution in [0.15, 0.2) is 35.5 Å². The van der Waals surface area contributed by atoms with Crippen molar-refractivity contribution in [2.45, 2.75) is 38.0 Å². The number of hydrogen-bond acceptors (Lipinski definition) is 4. The van der Waals surface area contributed by atoms with Gasteiger partial charge in [0.1, 0.15) is 0 Å². The van der Waals surface area contributed by atoms with Crippen molar-refractivity contribution < 1.29 is 13.6 Å². The van der Waals surface area contributed by atoms with Gasteiger partial charge in [-0.1, -0.05) is 25.1 Å². The Kier molecular flexibility index (Phi) is 6.56. The number of pyridine rings is 1. The molecule has 0 bridgehead atoms. The number of hydrogen-bond donors (Lipinski definition) is 0. The van der Waals surface area contributed by atoms with Crippen LogP contribution in [0.2, 0.25) is 0 Å². The molecule has 7 heteroatoms. The predicted molar refractivity (Wildman–Crippen MR) is 124 cm³/mol. The minimum Gasteiger partial charge on any atom is -0.342 e. The summed E-state index contributed by atoms with van der Waals surface area (Å²) in [4.78, 5) is 25.3. The quantitative estimate of drug-likeness (QED) is 0.667. The number of carbonyl (C=O) groups is 1. The van der Waals surface area contributed by atoms with Gasteiger partial charge in [-0.25, -0.2) is 8.78 Å². The molecule has 172 valence electrons. The van der Waals surface area contributed by atoms with E-state index >= 15 is 0 Å². The normalized spacial score (nSPS) is 26.7. The molecule has 32 heavy (non-hydrogen) atoms. The minimum atomic E-state index is -2.82. The molecule has 1 aromatic heterocycles. The number of fused-ring (bicyclic) bond motifs is 1. The van der Waals surface area contributed by atoms with Gasteiger partial charge >= 0.3 is 0 Å². The van der Waals surface area contributed by atoms with Gasteiger partial charge in [-0.3, -0.25) is 14.8 Å². The van der Waals surface area contributed by atoms with E-state index in [0.29, 0.717) is 32.0 Å². The fourth-order valence-electron chi connectivity index (χ4n) is 5.34. The van der Waals surface area contributed by atoms with Crippen LogP contribution in [0.3, 0.4) is 0 Å². The van der Waals surface area contributed by atoms with Gasteiger partial charge < -0.3 is 9.80 Å². The summed E-state index contributed by atoms with van der Waals surface area (Å²) in [5.41, 5.74) is 3.03. The number of halogens is 2. The molecule has 2 saturated heterocycles. The van der Waals surface area contributed by atoms with Crippen molar-refractivity contribution >= 4 is 23.0 Å². The lowest BCUT2D eigenvalue weighted by molar-refractivity contribution is -0.145. The average Bonchev–Trinajstić information content (AvgIpc) is 2.75. The maximum absolute atomic E-state index is 14.5. The number of carbonyl (C=O) groups excluding carboxylic acids is 1. The SMILES string of the molecule is CN=Cc1ccc([C@H]2C[C@@H](C)CN(C(=O)C[C@H]3CCN(C)CC3(F)F)C2)c2cccnc12. The molecule has 0 N–H and O–H groups in total. The molecule has 0 spiro atoms. The Labute approximate surface area is 188 Å². The first kappa shape index (κ1) is 22.8. The molecular formula is C25H32F2N4O. The van der Waals surface area contributed by atoms with Crippen molar-refractivity contribution in [1.29, 1.82) is 0 Å². The number of aliphatic imine (C=N–C) groups is 1. The van der Waals surface area contributed by atoms with E-state index in [4.69, 9.17) is 0 Å². The highest BCUT2D eigenvalue weighted by Crippen LogP contribution is 2.38. The molecular weight excluding hydrogens is 410 g/mol. The third kappa shape index (κ3) is 4.68. The Balaban J connectivity index is 1.55. The van der Waals surface area contributed by atoms with E-state index in [0.717, 1.165) is 28.5 Å². The fourth-order valence-corrected chi connectivity index (χ4v) is 5.34. The van der Waals surface area contributed by atoms with Crippen LogP contribution in [-0.2, 0) is 4.79 Å². The summed E-state index contributed by atoms with van der Waals surface area (Å²) in [5, 5.41) is 1.07. The third-order valence-electron chi connectivity index (χ3n) is 6.91. The molecule has 0 radical (unpaired) electrons. The lowest BCUT2D eigenvalue weighted by Gasteiger charge is -2.40. The Morgan fingerprint density at radius 1 is 1.31 bits per heavy atom. The largest absolute Gasteiger partial charge is 0.342 e. The highest BCUT2D eigenvalue weighted by Gasteiger charge is 2.45. The van der Waals surface area contributed by atoms with Crippen molar-refractivity contribution in [2.75, 3.05) is 40.3 Å². The number of nitrogens with zero attached hydrogens (tertiary/aromatic N) is 4. The molecule has 0 aliphatic carbocycles. The Morgan fingerprint density at radius 3 is 2.88 bits per heavy atom. The zero-order valence-corrected chi connectivity index (χ0v) is 19.1. The summed E-state index contributed by atoms with van der Waals surface area (Å²) in [7, 11) is 3.45. The van der Waals surface area contributed by atoms with E-state index < -0.39 is 11.8 Å². The Hall–Kier alpha value is -2.41. The fraction of sp³-hybridized carbons (Fsp3) is 0.560. The van der Waals surface area contributed by atoms with Crippen molar-refractivity contribution in [2.24, 2.45) is 16.8 Å². The second-order valence-electron chi connectivity index (χ2n) is 9.56. The van der Waals surface area contributed by atoms with Crippen molar-refractivity contribution in [3.05, 3.63) is 41.6 Å². The van der Waals surface area contributed by atoms with Crippen LogP contribution in [-0.4, -0.2) is 73.1 Å². The lowest BCUT2D eigenvalue weighted by atomic mass is 9.82. The molecule has 2 aromatic rings. The van der Waals surface area contributed by atoms with Crippen LogP contribution >= 0.6 is 0 Å². The van der Waals surface area contributed by atoms with Crippen LogP contribution in [0.4, 0.5) is 8.78 Å². The number of benzene rings is 1. The zero-order valence-electron chi connectivity index (χ0n) is 19.1. The summed E-state index contributed by atoms with van der Waals surface area (Å²) < 4.78 is 29.0. The van der Waals surface area contributed by atoms with E-state index in [2.05, 4.69) is 29.0 Å². The molecule has 0 saturated carbocycles. The van der Waals surface area contributed by atoms with Crippen LogP contribution < -0.4 is 0 Å². The molecule has 5 nitrogen and oxygen atoms in total. The van der Waals surface area contributed by atoms with Crippen LogP contribution in [0.1, 0.15) is 43.2 Å². The van der Waals surface area contributed by atoms with E-state index in [1.165, 1.54) is 0 Å². The van der Waals surface area contributed by atoms with Crippen LogP contribution in [0.5, 0.6) is 0 Å². The second kappa shape index (κ2) is 9.22. The number of amides is 1. The summed E-state index contributed by atoms with van der Waals surface area (Å²) in [5.74, 6) is -3.38. The van der Waals surface area contributed by atoms with Crippen molar-refractivity contribution in [3.63, 3.8) is 0 Å². The maximum Gasteiger partial charge on any atom is 0.263 e. The van der Waals surface area contributed by atoms with Gasteiger partial charge in [-0.05, 0) is 44.0 Å². The Morgan fingerprint density at radius 2 is 2.12 bits per heavy atom. The van der Waals surface area contributed by atoms with Crippen LogP contribution in [0.25, 0.3) is 10.9 Å². The monoisotopic (exact) mass is 442 g/mol. The molecule has 0 unspecified atom stereocenters. The average molecular weight is 443 g/mol. The Bertz CT molecular complexity index is 1010. The van der Waals surface area contributed by atoms with Crippen molar-refractivity contribution in [3.8, 4) is 0 Å². The van der Waals surface area contributed by atoms with Gasteiger partial charge in [0.25, 0.3) is 5.92 Å². The first-order valence-corrected chi connectivity index (χ1v) is 11.4. The lowest BCUT2D eigenvalue weighted by Crippen LogP contribution is -2.49. The van der Waals surface area contributed by atoms with Crippen molar-refractivity contribution in [1.82, 2.24) is 14.8 Å². The molecule has 4 rings (SSSR count). The second-order valence-corrected chi connectivity index (χ2v) is 9.56. The minimum absolute atomic E-state index is 0.0749. The van der Waals surface area contributed by atoms with Gasteiger partial charge in [-0.15, -0.1) is 0 Å². The number of alkyl halides is 2. The summed E-state index contributed by atoms with van der Waals surface area (Å²) >= 11 is 0. The standard InChI is InChI=1S/C25H32F2N4O/c1-17-11-19(21-7-6-18(13-28-2)24-22(21)5-4-9-29-24)15-31(14-17)23(32)12-20-8-10-30(3)16-25(20,26)27/h4-7,9,13,17,19-20H,8,10-12,14-16H2,1-3H3/t17-,19+,20-/m1/s1. The van der Waals surface area contributed by atoms with Gasteiger partial charge in [0.05, 0.1) is 12.1 Å². The molecule has 2 aliphatic rings. The molecule has 1 amide bonds. The number of piperidine rings is 2. The van der Waals surface area contributed by atoms with Gasteiger partial charge in [0.2, 0.25) is 5.91 Å². The molecule has 2 aliphatic heterocycles. The predicted octanol–water partition coefficient (Wildman–Crippen LogP) is 4.21. The first-order valence-electron chi connectivity index (χ1n) is 11.4. The molecule has 1 aromatic carbocycles. The first-order chi connectivity index (χ1) is 15.3. The van der Waals surface area contributed by atoms with Gasteiger partial charge in [-0.2, -0.15) is 0 Å². The van der Waals surface area contributed by atoms with Gasteiger partial charge in [0.15, 0.2) is 0 Å². The number of aromatic nitrogens is 1. The summed E-state index contributed by atoms with van der Waals surface area (Å²) in [6.07, 6.45) is 4.83. The number of rotatable bonds is 4. The third-order valence-corrected chi connectivity index (χ3v) is 6.91.